The van der Waals surface area contributed by atoms with Gasteiger partial charge in [-0.25, -0.2) is 0 Å². The third-order valence-corrected chi connectivity index (χ3v) is 2.57. The Labute approximate surface area is 111 Å². The van der Waals surface area contributed by atoms with Crippen LogP contribution in [0.25, 0.3) is 6.08 Å². The molecule has 0 aliphatic rings. The summed E-state index contributed by atoms with van der Waals surface area (Å²) >= 11 is 0. The van der Waals surface area contributed by atoms with Crippen LogP contribution >= 0.6 is 0 Å². The van der Waals surface area contributed by atoms with Crippen molar-refractivity contribution >= 4 is 6.08 Å². The molecule has 2 rings (SSSR count). The average molecular weight is 255 g/mol. The standard InChI is InChI=1S/C15H13NO3/c17-16(18)19-15-11-9-14(10-12-15)8-4-7-13-5-2-1-3-6-13/h1-7,9-12H,8H2. The van der Waals surface area contributed by atoms with Gasteiger partial charge in [0.05, 0.1) is 0 Å². The highest BCUT2D eigenvalue weighted by atomic mass is 17.0. The Morgan fingerprint density at radius 3 is 2.37 bits per heavy atom. The van der Waals surface area contributed by atoms with Crippen LogP contribution in [0.4, 0.5) is 0 Å². The Morgan fingerprint density at radius 1 is 1.05 bits per heavy atom. The van der Waals surface area contributed by atoms with Crippen LogP contribution in [0, 0.1) is 10.1 Å². The predicted molar refractivity (Wildman–Crippen MR) is 73.2 cm³/mol. The number of hydrogen-bond acceptors (Lipinski definition) is 3. The fourth-order valence-corrected chi connectivity index (χ4v) is 1.67. The normalized spacial score (nSPS) is 10.5. The van der Waals surface area contributed by atoms with Gasteiger partial charge in [-0.05, 0) is 29.7 Å². The maximum absolute atomic E-state index is 10.2. The van der Waals surface area contributed by atoms with E-state index in [0.717, 1.165) is 17.5 Å². The maximum atomic E-state index is 10.2. The van der Waals surface area contributed by atoms with E-state index in [1.54, 1.807) is 12.1 Å². The van der Waals surface area contributed by atoms with Crippen LogP contribution in [-0.2, 0) is 6.42 Å². The van der Waals surface area contributed by atoms with Gasteiger partial charge in [-0.3, -0.25) is 4.84 Å². The summed E-state index contributed by atoms with van der Waals surface area (Å²) in [5.74, 6) is 0.237. The van der Waals surface area contributed by atoms with Crippen LogP contribution in [0.5, 0.6) is 5.75 Å². The first-order valence-corrected chi connectivity index (χ1v) is 5.87. The van der Waals surface area contributed by atoms with Crippen LogP contribution in [0.3, 0.4) is 0 Å². The van der Waals surface area contributed by atoms with E-state index >= 15 is 0 Å². The fourth-order valence-electron chi connectivity index (χ4n) is 1.67. The van der Waals surface area contributed by atoms with Crippen LogP contribution in [-0.4, -0.2) is 5.09 Å². The molecule has 0 aliphatic carbocycles. The van der Waals surface area contributed by atoms with Gasteiger partial charge in [-0.1, -0.05) is 54.6 Å². The minimum absolute atomic E-state index is 0.237. The van der Waals surface area contributed by atoms with Gasteiger partial charge in [0.15, 0.2) is 0 Å². The zero-order valence-electron chi connectivity index (χ0n) is 10.2. The molecule has 0 spiro atoms. The molecule has 0 heterocycles. The lowest BCUT2D eigenvalue weighted by Crippen LogP contribution is -2.03. The van der Waals surface area contributed by atoms with Gasteiger partial charge in [0.1, 0.15) is 5.75 Å². The van der Waals surface area contributed by atoms with E-state index in [4.69, 9.17) is 0 Å². The molecule has 0 aromatic heterocycles. The van der Waals surface area contributed by atoms with Crippen molar-refractivity contribution in [3.05, 3.63) is 81.9 Å². The lowest BCUT2D eigenvalue weighted by Gasteiger charge is -2.00. The molecular formula is C15H13NO3. The molecule has 0 aliphatic heterocycles. The summed E-state index contributed by atoms with van der Waals surface area (Å²) in [6.45, 7) is 0. The molecule has 0 fully saturated rings. The molecule has 2 aromatic carbocycles. The summed E-state index contributed by atoms with van der Waals surface area (Å²) in [5.41, 5.74) is 2.22. The molecular weight excluding hydrogens is 242 g/mol. The van der Waals surface area contributed by atoms with Crippen molar-refractivity contribution in [2.45, 2.75) is 6.42 Å². The van der Waals surface area contributed by atoms with Crippen LogP contribution in [0.1, 0.15) is 11.1 Å². The Balaban J connectivity index is 1.93. The van der Waals surface area contributed by atoms with Gasteiger partial charge in [-0.2, -0.15) is 0 Å². The lowest BCUT2D eigenvalue weighted by atomic mass is 10.1. The van der Waals surface area contributed by atoms with Crippen LogP contribution in [0.2, 0.25) is 0 Å². The first kappa shape index (κ1) is 12.8. The minimum Gasteiger partial charge on any atom is -0.276 e. The first-order valence-electron chi connectivity index (χ1n) is 5.87. The van der Waals surface area contributed by atoms with Crippen LogP contribution in [0.15, 0.2) is 60.7 Å². The van der Waals surface area contributed by atoms with Crippen molar-refractivity contribution < 1.29 is 9.92 Å². The highest BCUT2D eigenvalue weighted by Gasteiger charge is 1.98. The second-order valence-corrected chi connectivity index (χ2v) is 3.98. The molecule has 0 saturated heterocycles. The van der Waals surface area contributed by atoms with Crippen LogP contribution < -0.4 is 4.84 Å². The monoisotopic (exact) mass is 255 g/mol. The Morgan fingerprint density at radius 2 is 1.74 bits per heavy atom. The average Bonchev–Trinajstić information content (AvgIpc) is 2.41. The Hall–Kier alpha value is -2.62. The van der Waals surface area contributed by atoms with E-state index in [0.29, 0.717) is 0 Å². The van der Waals surface area contributed by atoms with Crippen molar-refractivity contribution in [2.75, 3.05) is 0 Å². The quantitative estimate of drug-likeness (QED) is 0.606. The van der Waals surface area contributed by atoms with E-state index in [9.17, 15) is 10.1 Å². The van der Waals surface area contributed by atoms with E-state index in [1.165, 1.54) is 0 Å². The summed E-state index contributed by atoms with van der Waals surface area (Å²) in [5, 5.41) is 9.34. The molecule has 0 atom stereocenters. The molecule has 0 bridgehead atoms. The van der Waals surface area contributed by atoms with E-state index in [2.05, 4.69) is 10.9 Å². The summed E-state index contributed by atoms with van der Waals surface area (Å²) in [4.78, 5) is 14.5. The SMILES string of the molecule is O=[N+]([O-])Oc1ccc(CC=Cc2ccccc2)cc1. The molecule has 0 saturated carbocycles. The molecule has 0 amide bonds. The van der Waals surface area contributed by atoms with Crippen molar-refractivity contribution in [3.63, 3.8) is 0 Å². The molecule has 4 heteroatoms. The number of hydrogen-bond donors (Lipinski definition) is 0. The summed E-state index contributed by atoms with van der Waals surface area (Å²) in [6, 6.07) is 16.8. The zero-order chi connectivity index (χ0) is 13.5. The molecule has 96 valence electrons. The van der Waals surface area contributed by atoms with Gasteiger partial charge in [0, 0.05) is 0 Å². The van der Waals surface area contributed by atoms with E-state index in [1.807, 2.05) is 48.5 Å². The largest absolute Gasteiger partial charge is 0.299 e. The van der Waals surface area contributed by atoms with Gasteiger partial charge < -0.3 is 0 Å². The number of allylic oxidation sites excluding steroid dienone is 1. The zero-order valence-corrected chi connectivity index (χ0v) is 10.2. The predicted octanol–water partition coefficient (Wildman–Crippen LogP) is 3.51. The van der Waals surface area contributed by atoms with Gasteiger partial charge >= 0.3 is 0 Å². The summed E-state index contributed by atoms with van der Waals surface area (Å²) < 4.78 is 0. The molecule has 19 heavy (non-hydrogen) atoms. The molecule has 0 radical (unpaired) electrons. The van der Waals surface area contributed by atoms with Crippen molar-refractivity contribution in [3.8, 4) is 5.75 Å². The molecule has 0 unspecified atom stereocenters. The topological polar surface area (TPSA) is 52.4 Å². The smallest absolute Gasteiger partial charge is 0.276 e. The third kappa shape index (κ3) is 4.27. The Bertz CT molecular complexity index is 562. The summed E-state index contributed by atoms with van der Waals surface area (Å²) in [7, 11) is 0. The van der Waals surface area contributed by atoms with E-state index < -0.39 is 5.09 Å². The van der Waals surface area contributed by atoms with Crippen molar-refractivity contribution in [1.82, 2.24) is 0 Å². The van der Waals surface area contributed by atoms with E-state index in [-0.39, 0.29) is 5.75 Å². The second kappa shape index (κ2) is 6.35. The third-order valence-electron chi connectivity index (χ3n) is 2.57. The van der Waals surface area contributed by atoms with Crippen molar-refractivity contribution in [1.29, 1.82) is 0 Å². The highest BCUT2D eigenvalue weighted by Crippen LogP contribution is 2.13. The number of benzene rings is 2. The maximum Gasteiger partial charge on any atom is 0.299 e. The number of rotatable bonds is 5. The minimum atomic E-state index is -0.815. The Kier molecular flexibility index (Phi) is 4.29. The number of nitrogens with zero attached hydrogens (tertiary/aromatic N) is 1. The lowest BCUT2D eigenvalue weighted by molar-refractivity contribution is -0.711. The molecule has 2 aromatic rings. The summed E-state index contributed by atoms with van der Waals surface area (Å²) in [6.07, 6.45) is 4.87. The molecule has 0 N–H and O–H groups in total. The highest BCUT2D eigenvalue weighted by molar-refractivity contribution is 5.49. The second-order valence-electron chi connectivity index (χ2n) is 3.98. The van der Waals surface area contributed by atoms with Gasteiger partial charge in [-0.15, -0.1) is 10.1 Å². The van der Waals surface area contributed by atoms with Crippen molar-refractivity contribution in [2.24, 2.45) is 0 Å². The first-order chi connectivity index (χ1) is 9.24. The van der Waals surface area contributed by atoms with Gasteiger partial charge in [0.25, 0.3) is 5.09 Å². The molecule has 4 nitrogen and oxygen atoms in total. The van der Waals surface area contributed by atoms with Gasteiger partial charge in [0.2, 0.25) is 0 Å². The fraction of sp³-hybridized carbons (Fsp3) is 0.0667.